The minimum absolute atomic E-state index is 0.0819. The van der Waals surface area contributed by atoms with Crippen LogP contribution in [0.25, 0.3) is 0 Å². The van der Waals surface area contributed by atoms with E-state index >= 15 is 0 Å². The van der Waals surface area contributed by atoms with Crippen molar-refractivity contribution in [2.75, 3.05) is 13.2 Å². The molecule has 0 aromatic carbocycles. The molecule has 378 valence electrons. The average molecular weight is 911 g/mol. The van der Waals surface area contributed by atoms with Crippen molar-refractivity contribution < 1.29 is 28.6 Å². The van der Waals surface area contributed by atoms with Crippen LogP contribution in [0.3, 0.4) is 0 Å². The van der Waals surface area contributed by atoms with E-state index in [9.17, 15) is 14.4 Å². The zero-order valence-electron chi connectivity index (χ0n) is 43.3. The van der Waals surface area contributed by atoms with Gasteiger partial charge in [-0.25, -0.2) is 0 Å². The zero-order chi connectivity index (χ0) is 47.2. The van der Waals surface area contributed by atoms with Gasteiger partial charge >= 0.3 is 17.9 Å². The van der Waals surface area contributed by atoms with Crippen LogP contribution in [0.5, 0.6) is 0 Å². The van der Waals surface area contributed by atoms with Crippen LogP contribution >= 0.6 is 0 Å². The number of ether oxygens (including phenoxy) is 3. The van der Waals surface area contributed by atoms with Gasteiger partial charge < -0.3 is 14.2 Å². The van der Waals surface area contributed by atoms with Gasteiger partial charge in [-0.05, 0) is 57.8 Å². The van der Waals surface area contributed by atoms with Gasteiger partial charge in [0.15, 0.2) is 6.10 Å². The first-order valence-corrected chi connectivity index (χ1v) is 28.1. The molecule has 0 aromatic heterocycles. The van der Waals surface area contributed by atoms with E-state index in [0.717, 1.165) is 83.5 Å². The molecule has 1 atom stereocenters. The van der Waals surface area contributed by atoms with E-state index < -0.39 is 6.10 Å². The van der Waals surface area contributed by atoms with Gasteiger partial charge in [-0.3, -0.25) is 14.4 Å². The Labute approximate surface area is 403 Å². The van der Waals surface area contributed by atoms with Crippen molar-refractivity contribution in [3.63, 3.8) is 0 Å². The molecule has 0 N–H and O–H groups in total. The molecular weight excluding hydrogens is 805 g/mol. The summed E-state index contributed by atoms with van der Waals surface area (Å²) >= 11 is 0. The number of carbonyl (C=O) groups is 3. The van der Waals surface area contributed by atoms with E-state index in [1.54, 1.807) is 0 Å². The maximum atomic E-state index is 12.8. The molecule has 0 fully saturated rings. The maximum absolute atomic E-state index is 12.8. The van der Waals surface area contributed by atoms with Gasteiger partial charge in [0.2, 0.25) is 0 Å². The lowest BCUT2D eigenvalue weighted by Crippen LogP contribution is -2.30. The number of carbonyl (C=O) groups excluding carboxylic acids is 3. The molecule has 0 radical (unpaired) electrons. The standard InChI is InChI=1S/C59H106O6/c1-4-7-10-13-16-19-22-25-27-28-29-30-32-35-37-40-43-46-49-52-58(61)64-55-56(65-59(62)53-50-47-44-41-38-33-24-21-18-15-12-9-6-3)54-63-57(60)51-48-45-42-39-36-34-31-26-23-20-17-14-11-8-5-2/h8,11,17,20,26,31,36,39,56H,4-7,9-10,12-16,18-19,21-25,27-30,32-35,37-38,40-55H2,1-3H3/b11-8-,20-17-,31-26-,39-36-/t56-/m1/s1. The van der Waals surface area contributed by atoms with Crippen LogP contribution in [0.1, 0.15) is 290 Å². The van der Waals surface area contributed by atoms with Crippen LogP contribution in [-0.2, 0) is 28.6 Å². The summed E-state index contributed by atoms with van der Waals surface area (Å²) in [4.78, 5) is 38.1. The second-order valence-corrected chi connectivity index (χ2v) is 18.8. The first-order chi connectivity index (χ1) is 32.0. The summed E-state index contributed by atoms with van der Waals surface area (Å²) in [5.41, 5.74) is 0. The van der Waals surface area contributed by atoms with Gasteiger partial charge in [-0.2, -0.15) is 0 Å². The van der Waals surface area contributed by atoms with Gasteiger partial charge in [0.25, 0.3) is 0 Å². The Bertz CT molecular complexity index is 1140. The Kier molecular flexibility index (Phi) is 51.8. The summed E-state index contributed by atoms with van der Waals surface area (Å²) < 4.78 is 16.8. The molecule has 0 saturated heterocycles. The normalized spacial score (nSPS) is 12.4. The fourth-order valence-electron chi connectivity index (χ4n) is 8.14. The van der Waals surface area contributed by atoms with E-state index in [1.165, 1.54) is 167 Å². The minimum atomic E-state index is -0.785. The molecule has 0 heterocycles. The lowest BCUT2D eigenvalue weighted by Gasteiger charge is -2.18. The van der Waals surface area contributed by atoms with Crippen molar-refractivity contribution in [3.8, 4) is 0 Å². The predicted molar refractivity (Wildman–Crippen MR) is 279 cm³/mol. The Balaban J connectivity index is 4.35. The molecule has 0 bridgehead atoms. The molecule has 0 saturated carbocycles. The lowest BCUT2D eigenvalue weighted by molar-refractivity contribution is -0.167. The Hall–Kier alpha value is -2.63. The van der Waals surface area contributed by atoms with Crippen molar-refractivity contribution >= 4 is 17.9 Å². The van der Waals surface area contributed by atoms with E-state index in [-0.39, 0.29) is 31.1 Å². The van der Waals surface area contributed by atoms with Crippen molar-refractivity contribution in [2.45, 2.75) is 297 Å². The van der Waals surface area contributed by atoms with Crippen LogP contribution in [0.4, 0.5) is 0 Å². The Morgan fingerprint density at radius 3 is 0.938 bits per heavy atom. The number of rotatable bonds is 51. The third-order valence-corrected chi connectivity index (χ3v) is 12.3. The van der Waals surface area contributed by atoms with E-state index in [4.69, 9.17) is 14.2 Å². The van der Waals surface area contributed by atoms with Gasteiger partial charge in [-0.1, -0.05) is 262 Å². The zero-order valence-corrected chi connectivity index (χ0v) is 43.3. The Morgan fingerprint density at radius 1 is 0.323 bits per heavy atom. The SMILES string of the molecule is CC/C=C\C/C=C\C/C=C\C/C=C\CCCCC(=O)OC[C@H](COC(=O)CCCCCCCCCCCCCCCCCCCCC)OC(=O)CCCCCCCCCCCCCCC. The number of esters is 3. The molecule has 65 heavy (non-hydrogen) atoms. The largest absolute Gasteiger partial charge is 0.462 e. The maximum Gasteiger partial charge on any atom is 0.306 e. The fourth-order valence-corrected chi connectivity index (χ4v) is 8.14. The highest BCUT2D eigenvalue weighted by Crippen LogP contribution is 2.17. The predicted octanol–water partition coefficient (Wildman–Crippen LogP) is 18.7. The van der Waals surface area contributed by atoms with Crippen LogP contribution in [-0.4, -0.2) is 37.2 Å². The third kappa shape index (κ3) is 52.2. The summed E-state index contributed by atoms with van der Waals surface area (Å²) in [6, 6.07) is 0. The second kappa shape index (κ2) is 54.0. The first kappa shape index (κ1) is 62.4. The highest BCUT2D eigenvalue weighted by molar-refractivity contribution is 5.71. The summed E-state index contributed by atoms with van der Waals surface area (Å²) in [5, 5.41) is 0. The summed E-state index contributed by atoms with van der Waals surface area (Å²) in [5.74, 6) is -0.910. The number of unbranched alkanes of at least 4 members (excludes halogenated alkanes) is 32. The minimum Gasteiger partial charge on any atom is -0.462 e. The molecule has 0 aliphatic heterocycles. The average Bonchev–Trinajstić information content (AvgIpc) is 3.30. The van der Waals surface area contributed by atoms with Gasteiger partial charge in [0.1, 0.15) is 13.2 Å². The van der Waals surface area contributed by atoms with Crippen molar-refractivity contribution in [2.24, 2.45) is 0 Å². The quantitative estimate of drug-likeness (QED) is 0.0262. The lowest BCUT2D eigenvalue weighted by atomic mass is 10.0. The topological polar surface area (TPSA) is 78.9 Å². The van der Waals surface area contributed by atoms with Crippen LogP contribution in [0.2, 0.25) is 0 Å². The summed E-state index contributed by atoms with van der Waals surface area (Å²) in [6.07, 6.45) is 65.3. The van der Waals surface area contributed by atoms with Crippen LogP contribution < -0.4 is 0 Å². The van der Waals surface area contributed by atoms with Crippen molar-refractivity contribution in [3.05, 3.63) is 48.6 Å². The van der Waals surface area contributed by atoms with E-state index in [1.807, 2.05) is 0 Å². The monoisotopic (exact) mass is 911 g/mol. The molecule has 0 amide bonds. The molecule has 0 aliphatic carbocycles. The summed E-state index contributed by atoms with van der Waals surface area (Å²) in [7, 11) is 0. The van der Waals surface area contributed by atoms with Crippen LogP contribution in [0, 0.1) is 0 Å². The van der Waals surface area contributed by atoms with Gasteiger partial charge in [-0.15, -0.1) is 0 Å². The number of hydrogen-bond acceptors (Lipinski definition) is 6. The smallest absolute Gasteiger partial charge is 0.306 e. The van der Waals surface area contributed by atoms with E-state index in [2.05, 4.69) is 69.4 Å². The molecule has 6 heteroatoms. The molecular formula is C59H106O6. The molecule has 0 rings (SSSR count). The molecule has 6 nitrogen and oxygen atoms in total. The van der Waals surface area contributed by atoms with E-state index in [0.29, 0.717) is 19.3 Å². The van der Waals surface area contributed by atoms with Crippen molar-refractivity contribution in [1.82, 2.24) is 0 Å². The summed E-state index contributed by atoms with van der Waals surface area (Å²) in [6.45, 7) is 6.52. The van der Waals surface area contributed by atoms with Gasteiger partial charge in [0.05, 0.1) is 0 Å². The fraction of sp³-hybridized carbons (Fsp3) is 0.814. The second-order valence-electron chi connectivity index (χ2n) is 18.8. The molecule has 0 aliphatic rings. The highest BCUT2D eigenvalue weighted by Gasteiger charge is 2.19. The van der Waals surface area contributed by atoms with Crippen molar-refractivity contribution in [1.29, 1.82) is 0 Å². The number of hydrogen-bond donors (Lipinski definition) is 0. The Morgan fingerprint density at radius 2 is 0.600 bits per heavy atom. The molecule has 0 spiro atoms. The number of allylic oxidation sites excluding steroid dienone is 8. The first-order valence-electron chi connectivity index (χ1n) is 28.1. The molecule has 0 aromatic rings. The third-order valence-electron chi connectivity index (χ3n) is 12.3. The van der Waals surface area contributed by atoms with Gasteiger partial charge in [0, 0.05) is 19.3 Å². The van der Waals surface area contributed by atoms with Crippen LogP contribution in [0.15, 0.2) is 48.6 Å². The molecule has 0 unspecified atom stereocenters. The highest BCUT2D eigenvalue weighted by atomic mass is 16.6.